The van der Waals surface area contributed by atoms with Gasteiger partial charge in [-0.1, -0.05) is 0 Å². The number of nitrogens with two attached hydrogens (primary N) is 1. The van der Waals surface area contributed by atoms with Gasteiger partial charge in [0.15, 0.2) is 0 Å². The van der Waals surface area contributed by atoms with E-state index in [-0.39, 0.29) is 55.6 Å². The van der Waals surface area contributed by atoms with Crippen LogP contribution in [0, 0.1) is 0 Å². The van der Waals surface area contributed by atoms with Crippen LogP contribution < -0.4 is 11.2 Å². The third-order valence-electron chi connectivity index (χ3n) is 0.430. The van der Waals surface area contributed by atoms with Crippen LogP contribution in [0.4, 0.5) is 0 Å². The second kappa shape index (κ2) is 9.51. The van der Waals surface area contributed by atoms with Gasteiger partial charge in [-0.2, -0.15) is 10.1 Å². The summed E-state index contributed by atoms with van der Waals surface area (Å²) in [5.74, 6) is 0. The first kappa shape index (κ1) is 18.3. The van der Waals surface area contributed by atoms with Gasteiger partial charge in [-0.25, -0.2) is 4.57 Å². The van der Waals surface area contributed by atoms with Crippen LogP contribution in [0.25, 0.3) is 0 Å². The Kier molecular flexibility index (Phi) is 15.8. The molecule has 0 amide bonds. The Hall–Kier alpha value is 1.42. The molecule has 9 heteroatoms. The molecule has 0 aromatic rings. The second-order valence-electron chi connectivity index (χ2n) is 1.26. The Balaban J connectivity index is -0.000000320. The Morgan fingerprint density at radius 3 is 2.27 bits per heavy atom. The molecule has 0 radical (unpaired) electrons. The summed E-state index contributed by atoms with van der Waals surface area (Å²) in [4.78, 5) is 16.1. The average Bonchev–Trinajstić information content (AvgIpc) is 1.63. The summed E-state index contributed by atoms with van der Waals surface area (Å²) in [5, 5.41) is 0. The molecule has 0 rings (SSSR count). The molecule has 0 fully saturated rings. The Morgan fingerprint density at radius 1 is 1.55 bits per heavy atom. The van der Waals surface area contributed by atoms with Crippen molar-refractivity contribution in [3.05, 3.63) is 0 Å². The minimum absolute atomic E-state index is 0. The average molecular weight is 248 g/mol. The van der Waals surface area contributed by atoms with Crippen molar-refractivity contribution in [2.45, 2.75) is 0 Å². The maximum Gasteiger partial charge on any atom is 0.486 e. The van der Waals surface area contributed by atoms with E-state index in [1.165, 1.54) is 0 Å². The number of nitrogens with one attached hydrogen (secondary N) is 1. The van der Waals surface area contributed by atoms with E-state index in [1.807, 2.05) is 5.48 Å². The van der Waals surface area contributed by atoms with E-state index in [0.29, 0.717) is 0 Å². The van der Waals surface area contributed by atoms with Crippen molar-refractivity contribution in [3.63, 3.8) is 0 Å². The van der Waals surface area contributed by atoms with Crippen LogP contribution in [0.15, 0.2) is 0 Å². The quantitative estimate of drug-likeness (QED) is 0.192. The summed E-state index contributed by atoms with van der Waals surface area (Å²) in [7, 11) is -4.36. The topological polar surface area (TPSA) is 105 Å². The summed E-state index contributed by atoms with van der Waals surface area (Å²) in [6, 6.07) is 0. The van der Waals surface area contributed by atoms with Crippen molar-refractivity contribution >= 4 is 30.9 Å². The van der Waals surface area contributed by atoms with Crippen molar-refractivity contribution in [1.29, 1.82) is 0 Å². The maximum absolute atomic E-state index is 9.87. The van der Waals surface area contributed by atoms with Crippen LogP contribution in [-0.2, 0) is 28.7 Å². The molecule has 0 aliphatic heterocycles. The molecule has 6 nitrogen and oxygen atoms in total. The first-order valence-corrected chi connectivity index (χ1v) is 3.76. The number of hydrogen-bond acceptors (Lipinski definition) is 4. The van der Waals surface area contributed by atoms with Gasteiger partial charge in [0, 0.05) is 32.6 Å². The molecule has 0 aromatic heterocycles. The van der Waals surface area contributed by atoms with Crippen LogP contribution in [0.5, 0.6) is 0 Å². The molecule has 62 valence electrons. The molecule has 0 heterocycles. The van der Waals surface area contributed by atoms with E-state index >= 15 is 0 Å². The van der Waals surface area contributed by atoms with Gasteiger partial charge in [-0.3, -0.25) is 0 Å². The predicted molar refractivity (Wildman–Crippen MR) is 38.7 cm³/mol. The zero-order valence-electron chi connectivity index (χ0n) is 5.36. The molecule has 0 aliphatic rings. The summed E-state index contributed by atoms with van der Waals surface area (Å²) in [6.45, 7) is 0.477. The molecule has 0 atom stereocenters. The van der Waals surface area contributed by atoms with E-state index in [1.54, 1.807) is 0 Å². The normalized spacial score (nSPS) is 9.73. The van der Waals surface area contributed by atoms with E-state index in [2.05, 4.69) is 4.62 Å². The minimum Gasteiger partial charge on any atom is -0.329 e. The van der Waals surface area contributed by atoms with Gasteiger partial charge >= 0.3 is 30.9 Å². The SMILES string of the molecule is NCCNOP(=O)(O)O.[MgH2].[Zn]. The monoisotopic (exact) mass is 246 g/mol. The molecule has 0 unspecified atom stereocenters. The first-order valence-electron chi connectivity index (χ1n) is 2.23. The fraction of sp³-hybridized carbons (Fsp3) is 1.00. The van der Waals surface area contributed by atoms with E-state index in [0.717, 1.165) is 0 Å². The van der Waals surface area contributed by atoms with Gasteiger partial charge in [0.05, 0.1) is 0 Å². The van der Waals surface area contributed by atoms with Gasteiger partial charge in [0.1, 0.15) is 0 Å². The van der Waals surface area contributed by atoms with Crippen LogP contribution in [-0.4, -0.2) is 45.9 Å². The van der Waals surface area contributed by atoms with Crippen molar-refractivity contribution in [3.8, 4) is 0 Å². The Bertz CT molecular complexity index is 121. The molecule has 0 saturated carbocycles. The summed E-state index contributed by atoms with van der Waals surface area (Å²) < 4.78 is 13.7. The van der Waals surface area contributed by atoms with Crippen molar-refractivity contribution in [2.24, 2.45) is 5.73 Å². The van der Waals surface area contributed by atoms with Crippen LogP contribution in [0.3, 0.4) is 0 Å². The van der Waals surface area contributed by atoms with Crippen LogP contribution in [0.1, 0.15) is 0 Å². The molecular formula is C2H11MgN2O4PZn. The van der Waals surface area contributed by atoms with Gasteiger partial charge in [-0.15, -0.1) is 0 Å². The van der Waals surface area contributed by atoms with Crippen molar-refractivity contribution < 1.29 is 38.5 Å². The van der Waals surface area contributed by atoms with Gasteiger partial charge in [-0.05, 0) is 0 Å². The van der Waals surface area contributed by atoms with Gasteiger partial charge in [0.2, 0.25) is 0 Å². The maximum atomic E-state index is 9.87. The Morgan fingerprint density at radius 2 is 2.00 bits per heavy atom. The third-order valence-corrected chi connectivity index (χ3v) is 0.797. The van der Waals surface area contributed by atoms with Crippen LogP contribution >= 0.6 is 7.82 Å². The fourth-order valence-electron chi connectivity index (χ4n) is 0.189. The smallest absolute Gasteiger partial charge is 0.329 e. The fourth-order valence-corrected chi connectivity index (χ4v) is 0.448. The molecule has 11 heavy (non-hydrogen) atoms. The van der Waals surface area contributed by atoms with Crippen molar-refractivity contribution in [1.82, 2.24) is 5.48 Å². The third kappa shape index (κ3) is 18.4. The summed E-state index contributed by atoms with van der Waals surface area (Å²) in [6.07, 6.45) is 0. The van der Waals surface area contributed by atoms with E-state index < -0.39 is 7.82 Å². The number of rotatable bonds is 4. The van der Waals surface area contributed by atoms with E-state index in [9.17, 15) is 4.57 Å². The molecule has 0 aliphatic carbocycles. The zero-order chi connectivity index (χ0) is 7.33. The minimum atomic E-state index is -4.36. The molecule has 0 saturated heterocycles. The summed E-state index contributed by atoms with van der Waals surface area (Å²) >= 11 is 0. The molecular weight excluding hydrogens is 237 g/mol. The first-order chi connectivity index (χ1) is 4.06. The van der Waals surface area contributed by atoms with Gasteiger partial charge < -0.3 is 15.5 Å². The summed E-state index contributed by atoms with van der Waals surface area (Å²) in [5.41, 5.74) is 6.95. The zero-order valence-corrected chi connectivity index (χ0v) is 9.22. The predicted octanol–water partition coefficient (Wildman–Crippen LogP) is -2.36. The molecule has 5 N–H and O–H groups in total. The molecule has 0 spiro atoms. The largest absolute Gasteiger partial charge is 0.486 e. The number of phosphoric acid groups is 1. The number of hydrogen-bond donors (Lipinski definition) is 4. The standard InChI is InChI=1S/C2H9N2O4P.Mg.Zn.2H/c3-1-2-4-8-9(5,6)7;;;;/h4H,1-3H2,(H2,5,6,7);;;;. The number of hydroxylamine groups is 1. The van der Waals surface area contributed by atoms with E-state index in [4.69, 9.17) is 15.5 Å². The Labute approximate surface area is 93.4 Å². The second-order valence-corrected chi connectivity index (χ2v) is 2.43. The molecule has 0 bridgehead atoms. The van der Waals surface area contributed by atoms with Crippen LogP contribution in [0.2, 0.25) is 0 Å². The van der Waals surface area contributed by atoms with Crippen molar-refractivity contribution in [2.75, 3.05) is 13.1 Å². The molecule has 0 aromatic carbocycles. The van der Waals surface area contributed by atoms with Gasteiger partial charge in [0.25, 0.3) is 0 Å².